The molecule has 0 unspecified atom stereocenters. The molecule has 3 nitrogen and oxygen atoms in total. The van der Waals surface area contributed by atoms with Crippen LogP contribution in [0.5, 0.6) is 0 Å². The third-order valence-corrected chi connectivity index (χ3v) is 12.9. The Labute approximate surface area is 392 Å². The number of furan rings is 1. The van der Waals surface area contributed by atoms with E-state index in [1.807, 2.05) is 105 Å². The fraction of sp³-hybridized carbons (Fsp3) is 0.180. The molecule has 1 aromatic heterocycles. The maximum atomic E-state index is 6.26. The summed E-state index contributed by atoms with van der Waals surface area (Å²) in [6.45, 7) is 21.3. The first-order chi connectivity index (χ1) is 31.8. The molecule has 0 saturated heterocycles. The van der Waals surface area contributed by atoms with Crippen LogP contribution >= 0.6 is 11.8 Å². The first-order valence-electron chi connectivity index (χ1n) is 22.7. The number of benzene rings is 7. The lowest BCUT2D eigenvalue weighted by molar-refractivity contribution is 0.668. The minimum Gasteiger partial charge on any atom is -0.455 e. The van der Waals surface area contributed by atoms with Crippen molar-refractivity contribution in [2.45, 2.75) is 79.2 Å². The third-order valence-electron chi connectivity index (χ3n) is 11.4. The molecule has 0 fully saturated rings. The number of fused-ring (bicyclic) bond motifs is 5. The number of aryl methyl sites for hydroxylation is 3. The van der Waals surface area contributed by atoms with E-state index in [9.17, 15) is 0 Å². The predicted molar refractivity (Wildman–Crippen MR) is 284 cm³/mol. The number of nitrogens with zero attached hydrogens (tertiary/aromatic N) is 2. The Hall–Kier alpha value is -6.75. The number of hydrogen-bond acceptors (Lipinski definition) is 3. The van der Waals surface area contributed by atoms with Gasteiger partial charge in [0, 0.05) is 26.8 Å². The topological polar surface area (TPSA) is 37.9 Å². The lowest BCUT2D eigenvalue weighted by atomic mass is 9.92. The summed E-state index contributed by atoms with van der Waals surface area (Å²) in [6.07, 6.45) is 3.49. The SMILES string of the molecule is C=C.CC.CC(=NC(=NCc1ccccc1)c1ccccc1)c1cccc2c1oc1ccc(C)cc12.CC1=C(Sc2ccccc2C)CCC2=C1Cc1ccccc12.Cc1ccccc1. The van der Waals surface area contributed by atoms with E-state index in [0.29, 0.717) is 6.54 Å². The Morgan fingerprint density at radius 3 is 1.95 bits per heavy atom. The second-order valence-electron chi connectivity index (χ2n) is 15.8. The van der Waals surface area contributed by atoms with Gasteiger partial charge >= 0.3 is 0 Å². The molecule has 2 aliphatic rings. The highest BCUT2D eigenvalue weighted by atomic mass is 32.2. The van der Waals surface area contributed by atoms with Gasteiger partial charge < -0.3 is 4.42 Å². The van der Waals surface area contributed by atoms with E-state index < -0.39 is 0 Å². The normalized spacial score (nSPS) is 13.0. The zero-order valence-electron chi connectivity index (χ0n) is 39.2. The van der Waals surface area contributed by atoms with Gasteiger partial charge in [-0.25, -0.2) is 4.99 Å². The second-order valence-corrected chi connectivity index (χ2v) is 17.0. The molecule has 0 bridgehead atoms. The van der Waals surface area contributed by atoms with Gasteiger partial charge in [0.25, 0.3) is 0 Å². The van der Waals surface area contributed by atoms with Gasteiger partial charge in [-0.05, 0) is 122 Å². The molecule has 10 rings (SSSR count). The lowest BCUT2D eigenvalue weighted by Gasteiger charge is -2.21. The number of amidine groups is 1. The zero-order chi connectivity index (χ0) is 46.1. The van der Waals surface area contributed by atoms with Crippen LogP contribution in [0.1, 0.15) is 85.0 Å². The van der Waals surface area contributed by atoms with Crippen molar-refractivity contribution in [1.82, 2.24) is 0 Å². The number of allylic oxidation sites excluding steroid dienone is 4. The monoisotopic (exact) mass is 870 g/mol. The number of thioether (sulfide) groups is 1. The van der Waals surface area contributed by atoms with Gasteiger partial charge in [0.2, 0.25) is 0 Å². The van der Waals surface area contributed by atoms with Gasteiger partial charge in [-0.3, -0.25) is 4.99 Å². The van der Waals surface area contributed by atoms with Gasteiger partial charge in [0.05, 0.1) is 12.3 Å². The van der Waals surface area contributed by atoms with Crippen LogP contribution in [0.2, 0.25) is 0 Å². The molecule has 0 aliphatic heterocycles. The van der Waals surface area contributed by atoms with Crippen molar-refractivity contribution in [3.05, 3.63) is 250 Å². The first kappa shape index (κ1) is 47.7. The molecule has 7 aromatic carbocycles. The molecule has 1 heterocycles. The van der Waals surface area contributed by atoms with Crippen LogP contribution in [0.4, 0.5) is 0 Å². The number of hydrogen-bond donors (Lipinski definition) is 0. The van der Waals surface area contributed by atoms with Gasteiger partial charge in [-0.2, -0.15) is 0 Å². The van der Waals surface area contributed by atoms with Gasteiger partial charge in [-0.15, -0.1) is 13.2 Å². The van der Waals surface area contributed by atoms with Crippen LogP contribution in [0.25, 0.3) is 27.5 Å². The second kappa shape index (κ2) is 23.8. The summed E-state index contributed by atoms with van der Waals surface area (Å²) in [4.78, 5) is 12.8. The Balaban J connectivity index is 0.000000182. The highest BCUT2D eigenvalue weighted by molar-refractivity contribution is 8.03. The van der Waals surface area contributed by atoms with Crippen molar-refractivity contribution in [3.63, 3.8) is 0 Å². The number of para-hydroxylation sites is 1. The lowest BCUT2D eigenvalue weighted by Crippen LogP contribution is -2.04. The molecule has 0 atom stereocenters. The average molecular weight is 871 g/mol. The summed E-state index contributed by atoms with van der Waals surface area (Å²) in [7, 11) is 0. The third kappa shape index (κ3) is 12.1. The predicted octanol–water partition coefficient (Wildman–Crippen LogP) is 17.3. The van der Waals surface area contributed by atoms with E-state index in [2.05, 4.69) is 144 Å². The first-order valence-corrected chi connectivity index (χ1v) is 23.5. The molecule has 0 N–H and O–H groups in total. The van der Waals surface area contributed by atoms with E-state index in [0.717, 1.165) is 56.6 Å². The molecular formula is C61H62N2OS. The molecule has 4 heteroatoms. The molecule has 0 saturated carbocycles. The van der Waals surface area contributed by atoms with Crippen molar-refractivity contribution >= 4 is 50.8 Å². The Morgan fingerprint density at radius 1 is 0.615 bits per heavy atom. The van der Waals surface area contributed by atoms with Crippen molar-refractivity contribution in [2.24, 2.45) is 9.98 Å². The summed E-state index contributed by atoms with van der Waals surface area (Å²) in [5.74, 6) is 0.718. The Bertz CT molecular complexity index is 2940. The van der Waals surface area contributed by atoms with E-state index in [1.165, 1.54) is 51.1 Å². The van der Waals surface area contributed by atoms with Crippen LogP contribution in [-0.2, 0) is 13.0 Å². The van der Waals surface area contributed by atoms with E-state index >= 15 is 0 Å². The summed E-state index contributed by atoms with van der Waals surface area (Å²) in [5.41, 5.74) is 17.4. The molecule has 0 amide bonds. The molecule has 0 spiro atoms. The van der Waals surface area contributed by atoms with Gasteiger partial charge in [0.1, 0.15) is 11.2 Å². The van der Waals surface area contributed by atoms with Crippen LogP contribution in [0, 0.1) is 20.8 Å². The van der Waals surface area contributed by atoms with Crippen molar-refractivity contribution in [2.75, 3.05) is 0 Å². The largest absolute Gasteiger partial charge is 0.455 e. The van der Waals surface area contributed by atoms with E-state index in [4.69, 9.17) is 14.4 Å². The highest BCUT2D eigenvalue weighted by Crippen LogP contribution is 2.48. The summed E-state index contributed by atoms with van der Waals surface area (Å²) in [6, 6.07) is 60.8. The summed E-state index contributed by atoms with van der Waals surface area (Å²) < 4.78 is 6.26. The van der Waals surface area contributed by atoms with E-state index in [1.54, 1.807) is 16.1 Å². The number of rotatable bonds is 6. The number of aliphatic imine (C=N–C) groups is 2. The molecule has 0 radical (unpaired) electrons. The molecule has 8 aromatic rings. The van der Waals surface area contributed by atoms with Crippen LogP contribution < -0.4 is 0 Å². The molecule has 2 aliphatic carbocycles. The molecule has 328 valence electrons. The zero-order valence-corrected chi connectivity index (χ0v) is 40.0. The maximum absolute atomic E-state index is 6.26. The standard InChI is InChI=1S/C29H24N2O.C21H20S.C7H8.C2H6.C2H4/c1-20-16-17-27-26(18-20)25-15-9-14-24(28(25)32-27)21(2)31-29(23-12-7-4-8-13-23)30-19-22-10-5-3-6-11-22;1-14-7-3-6-10-20(14)22-21-12-11-18-17-9-5-4-8-16(17)13-19(18)15(21)2;1-7-5-3-2-4-6-7;2*1-2/h3-18H,19H2,1-2H3;3-10H,11-13H2,1-2H3;2-6H,1H3;1-2H3;1-2H2. The van der Waals surface area contributed by atoms with Crippen molar-refractivity contribution < 1.29 is 4.42 Å². The minimum atomic E-state index is 0.579. The van der Waals surface area contributed by atoms with Crippen molar-refractivity contribution in [1.29, 1.82) is 0 Å². The summed E-state index contributed by atoms with van der Waals surface area (Å²) >= 11 is 1.97. The Morgan fingerprint density at radius 2 is 1.26 bits per heavy atom. The maximum Gasteiger partial charge on any atom is 0.155 e. The average Bonchev–Trinajstić information content (AvgIpc) is 3.93. The van der Waals surface area contributed by atoms with Gasteiger partial charge in [-0.1, -0.05) is 188 Å². The molecular weight excluding hydrogens is 809 g/mol. The Kier molecular flexibility index (Phi) is 17.5. The fourth-order valence-electron chi connectivity index (χ4n) is 8.08. The minimum absolute atomic E-state index is 0.579. The highest BCUT2D eigenvalue weighted by Gasteiger charge is 2.27. The van der Waals surface area contributed by atoms with Crippen LogP contribution in [0.3, 0.4) is 0 Å². The van der Waals surface area contributed by atoms with Crippen LogP contribution in [-0.4, -0.2) is 11.5 Å². The van der Waals surface area contributed by atoms with Crippen LogP contribution in [0.15, 0.2) is 224 Å². The van der Waals surface area contributed by atoms with Crippen molar-refractivity contribution in [3.8, 4) is 0 Å². The summed E-state index contributed by atoms with van der Waals surface area (Å²) in [5, 5.41) is 2.24. The fourth-order valence-corrected chi connectivity index (χ4v) is 9.20. The smallest absolute Gasteiger partial charge is 0.155 e. The van der Waals surface area contributed by atoms with Gasteiger partial charge in [0.15, 0.2) is 5.84 Å². The quantitative estimate of drug-likeness (QED) is 0.0948. The molecule has 65 heavy (non-hydrogen) atoms. The van der Waals surface area contributed by atoms with E-state index in [-0.39, 0.29) is 0 Å².